The lowest BCUT2D eigenvalue weighted by atomic mass is 10.1. The molecule has 0 atom stereocenters. The summed E-state index contributed by atoms with van der Waals surface area (Å²) in [5.41, 5.74) is 4.68. The van der Waals surface area contributed by atoms with Gasteiger partial charge >= 0.3 is 0 Å². The molecule has 1 aliphatic heterocycles. The summed E-state index contributed by atoms with van der Waals surface area (Å²) in [4.78, 5) is 15.4. The molecule has 1 heterocycles. The Morgan fingerprint density at radius 2 is 1.75 bits per heavy atom. The number of rotatable bonds is 7. The number of hydrogen-bond donors (Lipinski definition) is 3. The monoisotopic (exact) mass is 383 g/mol. The van der Waals surface area contributed by atoms with Gasteiger partial charge in [-0.05, 0) is 37.1 Å². The van der Waals surface area contributed by atoms with Gasteiger partial charge in [-0.25, -0.2) is 0 Å². The Morgan fingerprint density at radius 1 is 1.04 bits per heavy atom. The van der Waals surface area contributed by atoms with Gasteiger partial charge in [-0.1, -0.05) is 36.8 Å². The second-order valence-corrected chi connectivity index (χ2v) is 7.73. The van der Waals surface area contributed by atoms with Crippen LogP contribution >= 0.6 is 0 Å². The lowest BCUT2D eigenvalue weighted by Gasteiger charge is -2.29. The fraction of sp³-hybridized carbons (Fsp3) is 0.435. The minimum Gasteiger partial charge on any atom is -0.496 e. The molecule has 0 unspecified atom stereocenters. The lowest BCUT2D eigenvalue weighted by molar-refractivity contribution is -1.02. The highest BCUT2D eigenvalue weighted by Gasteiger charge is 2.25. The minimum atomic E-state index is 0.111. The van der Waals surface area contributed by atoms with Crippen molar-refractivity contribution in [3.8, 4) is 5.75 Å². The molecule has 3 rings (SSSR count). The van der Waals surface area contributed by atoms with E-state index in [4.69, 9.17) is 4.74 Å². The Morgan fingerprint density at radius 3 is 2.46 bits per heavy atom. The number of carbonyl (C=O) groups excluding carboxylic acids is 1. The number of quaternary nitrogens is 2. The molecular weight excluding hydrogens is 350 g/mol. The molecule has 1 saturated heterocycles. The Hall–Kier alpha value is -2.37. The molecule has 0 radical (unpaired) electrons. The number of benzene rings is 2. The molecule has 5 nitrogen and oxygen atoms in total. The van der Waals surface area contributed by atoms with Crippen molar-refractivity contribution in [2.75, 3.05) is 45.2 Å². The number of methoxy groups -OCH3 is 1. The molecule has 2 aromatic carbocycles. The third-order valence-corrected chi connectivity index (χ3v) is 5.62. The first-order valence-corrected chi connectivity index (χ1v) is 10.3. The van der Waals surface area contributed by atoms with E-state index in [0.29, 0.717) is 6.54 Å². The molecule has 0 aliphatic carbocycles. The number of ether oxygens (including phenoxy) is 1. The standard InChI is InChI=1S/C23H31N3O2/c1-4-19-7-5-6-8-21(19)24-23(27)17-26-13-11-25(12-14-26)16-20-15-18(2)9-10-22(20)28-3/h5-10,15H,4,11-14,16-17H2,1-3H3,(H,24,27)/p+2. The van der Waals surface area contributed by atoms with Crippen LogP contribution in [0.2, 0.25) is 0 Å². The highest BCUT2D eigenvalue weighted by Crippen LogP contribution is 2.18. The predicted molar refractivity (Wildman–Crippen MR) is 112 cm³/mol. The Bertz CT molecular complexity index is 798. The highest BCUT2D eigenvalue weighted by atomic mass is 16.5. The van der Waals surface area contributed by atoms with Crippen LogP contribution in [0.1, 0.15) is 23.6 Å². The third-order valence-electron chi connectivity index (χ3n) is 5.62. The van der Waals surface area contributed by atoms with Gasteiger partial charge in [-0.15, -0.1) is 0 Å². The van der Waals surface area contributed by atoms with Crippen molar-refractivity contribution in [2.45, 2.75) is 26.8 Å². The van der Waals surface area contributed by atoms with Gasteiger partial charge in [0.25, 0.3) is 5.91 Å². The minimum absolute atomic E-state index is 0.111. The number of nitrogens with one attached hydrogen (secondary N) is 3. The fourth-order valence-electron chi connectivity index (χ4n) is 4.00. The van der Waals surface area contributed by atoms with E-state index in [-0.39, 0.29) is 5.91 Å². The summed E-state index contributed by atoms with van der Waals surface area (Å²) in [6.07, 6.45) is 0.924. The summed E-state index contributed by atoms with van der Waals surface area (Å²) in [5.74, 6) is 1.08. The zero-order valence-corrected chi connectivity index (χ0v) is 17.3. The van der Waals surface area contributed by atoms with E-state index in [1.54, 1.807) is 12.0 Å². The van der Waals surface area contributed by atoms with E-state index >= 15 is 0 Å². The molecule has 5 heteroatoms. The van der Waals surface area contributed by atoms with Gasteiger partial charge in [0.2, 0.25) is 0 Å². The number of hydrogen-bond acceptors (Lipinski definition) is 2. The number of piperazine rings is 1. The van der Waals surface area contributed by atoms with Gasteiger partial charge in [0.1, 0.15) is 38.5 Å². The molecule has 1 amide bonds. The van der Waals surface area contributed by atoms with E-state index < -0.39 is 0 Å². The fourth-order valence-corrected chi connectivity index (χ4v) is 4.00. The quantitative estimate of drug-likeness (QED) is 0.652. The molecule has 150 valence electrons. The first kappa shape index (κ1) is 20.4. The van der Waals surface area contributed by atoms with Crippen LogP contribution in [0.4, 0.5) is 5.69 Å². The maximum Gasteiger partial charge on any atom is 0.279 e. The third kappa shape index (κ3) is 5.33. The topological polar surface area (TPSA) is 47.2 Å². The zero-order chi connectivity index (χ0) is 19.9. The van der Waals surface area contributed by atoms with E-state index in [9.17, 15) is 4.79 Å². The number of para-hydroxylation sites is 1. The predicted octanol–water partition coefficient (Wildman–Crippen LogP) is 0.488. The van der Waals surface area contributed by atoms with Crippen LogP contribution in [0, 0.1) is 6.92 Å². The van der Waals surface area contributed by atoms with E-state index in [2.05, 4.69) is 43.4 Å². The Balaban J connectivity index is 1.49. The summed E-state index contributed by atoms with van der Waals surface area (Å²) in [6.45, 7) is 9.94. The van der Waals surface area contributed by atoms with Crippen molar-refractivity contribution >= 4 is 11.6 Å². The number of amides is 1. The Labute approximate surface area is 168 Å². The summed E-state index contributed by atoms with van der Waals surface area (Å²) >= 11 is 0. The van der Waals surface area contributed by atoms with Crippen LogP contribution in [-0.4, -0.2) is 45.7 Å². The van der Waals surface area contributed by atoms with Gasteiger partial charge in [0.05, 0.1) is 7.11 Å². The molecule has 28 heavy (non-hydrogen) atoms. The molecule has 3 N–H and O–H groups in total. The molecular formula is C23H33N3O2+2. The van der Waals surface area contributed by atoms with Crippen molar-refractivity contribution in [1.29, 1.82) is 0 Å². The van der Waals surface area contributed by atoms with Crippen molar-refractivity contribution < 1.29 is 19.3 Å². The molecule has 1 fully saturated rings. The molecule has 0 bridgehead atoms. The highest BCUT2D eigenvalue weighted by molar-refractivity contribution is 5.92. The van der Waals surface area contributed by atoms with Gasteiger partial charge in [-0.2, -0.15) is 0 Å². The van der Waals surface area contributed by atoms with E-state index in [0.717, 1.165) is 50.6 Å². The van der Waals surface area contributed by atoms with Crippen LogP contribution < -0.4 is 19.9 Å². The smallest absolute Gasteiger partial charge is 0.279 e. The molecule has 0 saturated carbocycles. The molecule has 0 aromatic heterocycles. The zero-order valence-electron chi connectivity index (χ0n) is 17.3. The summed E-state index contributed by atoms with van der Waals surface area (Å²) in [5, 5.41) is 3.10. The summed E-state index contributed by atoms with van der Waals surface area (Å²) in [6, 6.07) is 14.4. The van der Waals surface area contributed by atoms with Crippen LogP contribution in [0.3, 0.4) is 0 Å². The van der Waals surface area contributed by atoms with Gasteiger partial charge in [0, 0.05) is 11.3 Å². The summed E-state index contributed by atoms with van der Waals surface area (Å²) < 4.78 is 5.52. The van der Waals surface area contributed by atoms with E-state index in [1.807, 2.05) is 18.2 Å². The van der Waals surface area contributed by atoms with Crippen LogP contribution in [-0.2, 0) is 17.8 Å². The maximum absolute atomic E-state index is 12.5. The van der Waals surface area contributed by atoms with Gasteiger partial charge in [0.15, 0.2) is 6.54 Å². The average Bonchev–Trinajstić information content (AvgIpc) is 2.70. The SMILES string of the molecule is CCc1ccccc1NC(=O)C[NH+]1CC[NH+](Cc2cc(C)ccc2OC)CC1. The largest absolute Gasteiger partial charge is 0.496 e. The summed E-state index contributed by atoms with van der Waals surface area (Å²) in [7, 11) is 1.74. The molecule has 0 spiro atoms. The number of anilines is 1. The van der Waals surface area contributed by atoms with Gasteiger partial charge < -0.3 is 19.9 Å². The second-order valence-electron chi connectivity index (χ2n) is 7.73. The van der Waals surface area contributed by atoms with E-state index in [1.165, 1.54) is 21.6 Å². The lowest BCUT2D eigenvalue weighted by Crippen LogP contribution is -3.28. The first-order valence-electron chi connectivity index (χ1n) is 10.3. The Kier molecular flexibility index (Phi) is 7.06. The maximum atomic E-state index is 12.5. The number of aryl methyl sites for hydroxylation is 2. The first-order chi connectivity index (χ1) is 13.6. The van der Waals surface area contributed by atoms with Crippen molar-refractivity contribution in [3.63, 3.8) is 0 Å². The van der Waals surface area contributed by atoms with Crippen LogP contribution in [0.25, 0.3) is 0 Å². The van der Waals surface area contributed by atoms with Crippen LogP contribution in [0.15, 0.2) is 42.5 Å². The normalized spacial score (nSPS) is 19.2. The van der Waals surface area contributed by atoms with Crippen LogP contribution in [0.5, 0.6) is 5.75 Å². The van der Waals surface area contributed by atoms with Crippen molar-refractivity contribution in [2.24, 2.45) is 0 Å². The molecule has 2 aromatic rings. The average molecular weight is 384 g/mol. The second kappa shape index (κ2) is 9.71. The van der Waals surface area contributed by atoms with Crippen molar-refractivity contribution in [3.05, 3.63) is 59.2 Å². The van der Waals surface area contributed by atoms with Crippen molar-refractivity contribution in [1.82, 2.24) is 0 Å². The van der Waals surface area contributed by atoms with Gasteiger partial charge in [-0.3, -0.25) is 4.79 Å². The number of carbonyl (C=O) groups is 1. The molecule has 1 aliphatic rings.